The summed E-state index contributed by atoms with van der Waals surface area (Å²) in [7, 11) is 0. The zero-order valence-corrected chi connectivity index (χ0v) is 15.6. The third kappa shape index (κ3) is 2.13. The van der Waals surface area contributed by atoms with Gasteiger partial charge in [0, 0.05) is 29.3 Å². The van der Waals surface area contributed by atoms with Crippen molar-refractivity contribution in [2.24, 2.45) is 0 Å². The van der Waals surface area contributed by atoms with E-state index in [1.165, 1.54) is 0 Å². The number of carbonyl (C=O) groups is 1. The number of hydrogen-bond donors (Lipinski definition) is 1. The number of benzene rings is 1. The van der Waals surface area contributed by atoms with E-state index in [2.05, 4.69) is 40.7 Å². The summed E-state index contributed by atoms with van der Waals surface area (Å²) in [6.07, 6.45) is 10.2. The highest BCUT2D eigenvalue weighted by Gasteiger charge is 2.49. The van der Waals surface area contributed by atoms with Crippen molar-refractivity contribution in [2.45, 2.75) is 43.4 Å². The van der Waals surface area contributed by atoms with E-state index >= 15 is 0 Å². The molecule has 0 saturated heterocycles. The summed E-state index contributed by atoms with van der Waals surface area (Å²) in [4.78, 5) is 16.8. The highest BCUT2D eigenvalue weighted by Crippen LogP contribution is 2.52. The van der Waals surface area contributed by atoms with Gasteiger partial charge in [0.15, 0.2) is 0 Å². The first-order chi connectivity index (χ1) is 12.6. The van der Waals surface area contributed by atoms with Crippen LogP contribution < -0.4 is 5.32 Å². The number of hydrogen-bond acceptors (Lipinski definition) is 3. The molecule has 1 aliphatic heterocycles. The van der Waals surface area contributed by atoms with Gasteiger partial charge in [-0.25, -0.2) is 4.98 Å². The Morgan fingerprint density at radius 1 is 1.23 bits per heavy atom. The molecule has 132 valence electrons. The van der Waals surface area contributed by atoms with Crippen molar-refractivity contribution >= 4 is 23.2 Å². The van der Waals surface area contributed by atoms with Gasteiger partial charge in [-0.15, -0.1) is 0 Å². The number of nitrogens with one attached hydrogen (secondary N) is 1. The first-order valence-corrected chi connectivity index (χ1v) is 9.63. The van der Waals surface area contributed by atoms with Crippen LogP contribution in [-0.2, 0) is 15.6 Å². The van der Waals surface area contributed by atoms with Crippen molar-refractivity contribution in [3.8, 4) is 11.1 Å². The fourth-order valence-corrected chi connectivity index (χ4v) is 5.10. The summed E-state index contributed by atoms with van der Waals surface area (Å²) in [6, 6.07) is 8.29. The molecule has 1 fully saturated rings. The van der Waals surface area contributed by atoms with Gasteiger partial charge in [-0.2, -0.15) is 0 Å². The largest absolute Gasteiger partial charge is 0.369 e. The molecule has 3 nitrogen and oxygen atoms in total. The second kappa shape index (κ2) is 5.43. The lowest BCUT2D eigenvalue weighted by atomic mass is 9.80. The van der Waals surface area contributed by atoms with Crippen LogP contribution in [0.5, 0.6) is 0 Å². The smallest absolute Gasteiger partial charge is 0.140 e. The molecule has 2 aliphatic carbocycles. The second-order valence-electron chi connectivity index (χ2n) is 7.94. The number of pyridine rings is 1. The molecule has 3 aliphatic rings. The van der Waals surface area contributed by atoms with Gasteiger partial charge < -0.3 is 5.32 Å². The number of nitrogens with zero attached hydrogens (tertiary/aromatic N) is 1. The summed E-state index contributed by atoms with van der Waals surface area (Å²) in [5.74, 6) is 1.18. The van der Waals surface area contributed by atoms with Crippen LogP contribution in [0.1, 0.15) is 43.7 Å². The Morgan fingerprint density at radius 3 is 2.69 bits per heavy atom. The van der Waals surface area contributed by atoms with Crippen molar-refractivity contribution in [2.75, 3.05) is 11.9 Å². The molecule has 2 aromatic rings. The number of anilines is 1. The predicted molar refractivity (Wildman–Crippen MR) is 105 cm³/mol. The summed E-state index contributed by atoms with van der Waals surface area (Å²) >= 11 is 6.93. The molecule has 0 radical (unpaired) electrons. The molecule has 1 spiro atoms. The Kier molecular flexibility index (Phi) is 3.36. The van der Waals surface area contributed by atoms with E-state index in [0.29, 0.717) is 0 Å². The molecule has 1 saturated carbocycles. The maximum atomic E-state index is 12.1. The zero-order valence-electron chi connectivity index (χ0n) is 14.8. The molecule has 0 unspecified atom stereocenters. The average molecular weight is 365 g/mol. The first kappa shape index (κ1) is 16.1. The van der Waals surface area contributed by atoms with E-state index in [0.717, 1.165) is 65.3 Å². The maximum absolute atomic E-state index is 12.1. The lowest BCUT2D eigenvalue weighted by molar-refractivity contribution is -0.119. The Hall–Kier alpha value is -2.13. The van der Waals surface area contributed by atoms with Crippen molar-refractivity contribution in [3.05, 3.63) is 58.8 Å². The number of halogens is 1. The summed E-state index contributed by atoms with van der Waals surface area (Å²) in [5, 5.41) is 4.23. The minimum atomic E-state index is -0.273. The standard InChI is InChI=1S/C22H21ClN2O/c1-14(26)22(9-10-22)16-6-4-5-15(11-16)17-12-24-20-18(19(17)23)21(13-25-20)7-2-3-8-21/h2-6,11-12H,7-10,13H2,1H3,(H,24,25). The predicted octanol–water partition coefficient (Wildman–Crippen LogP) is 5.04. The van der Waals surface area contributed by atoms with Crippen LogP contribution in [-0.4, -0.2) is 17.3 Å². The number of ketones is 1. The molecule has 5 rings (SSSR count). The van der Waals surface area contributed by atoms with E-state index in [1.54, 1.807) is 6.92 Å². The van der Waals surface area contributed by atoms with Gasteiger partial charge in [-0.3, -0.25) is 4.79 Å². The normalized spacial score (nSPS) is 20.8. The molecule has 1 N–H and O–H groups in total. The van der Waals surface area contributed by atoms with Gasteiger partial charge in [0.25, 0.3) is 0 Å². The third-order valence-electron chi connectivity index (χ3n) is 6.47. The maximum Gasteiger partial charge on any atom is 0.140 e. The van der Waals surface area contributed by atoms with Gasteiger partial charge in [-0.05, 0) is 43.7 Å². The van der Waals surface area contributed by atoms with Crippen LogP contribution in [0.2, 0.25) is 5.02 Å². The molecular formula is C22H21ClN2O. The Bertz CT molecular complexity index is 951. The Morgan fingerprint density at radius 2 is 2.00 bits per heavy atom. The van der Waals surface area contributed by atoms with Crippen molar-refractivity contribution in [1.82, 2.24) is 4.98 Å². The number of allylic oxidation sites excluding steroid dienone is 2. The summed E-state index contributed by atoms with van der Waals surface area (Å²) in [5.41, 5.74) is 4.04. The van der Waals surface area contributed by atoms with Gasteiger partial charge in [-0.1, -0.05) is 48.0 Å². The number of aromatic nitrogens is 1. The van der Waals surface area contributed by atoms with Gasteiger partial charge in [0.1, 0.15) is 11.6 Å². The van der Waals surface area contributed by atoms with Crippen molar-refractivity contribution < 1.29 is 4.79 Å². The van der Waals surface area contributed by atoms with E-state index in [-0.39, 0.29) is 16.6 Å². The van der Waals surface area contributed by atoms with Crippen LogP contribution in [0.3, 0.4) is 0 Å². The number of Topliss-reactive ketones (excluding diaryl/α,β-unsaturated/α-hetero) is 1. The summed E-state index contributed by atoms with van der Waals surface area (Å²) in [6.45, 7) is 2.59. The molecule has 1 aromatic carbocycles. The highest BCUT2D eigenvalue weighted by atomic mass is 35.5. The Labute approximate surface area is 158 Å². The van der Waals surface area contributed by atoms with Gasteiger partial charge >= 0.3 is 0 Å². The summed E-state index contributed by atoms with van der Waals surface area (Å²) < 4.78 is 0. The van der Waals surface area contributed by atoms with Crippen LogP contribution in [0.25, 0.3) is 11.1 Å². The molecular weight excluding hydrogens is 344 g/mol. The number of rotatable bonds is 3. The monoisotopic (exact) mass is 364 g/mol. The minimum Gasteiger partial charge on any atom is -0.369 e. The molecule has 0 atom stereocenters. The lowest BCUT2D eigenvalue weighted by Gasteiger charge is -2.24. The molecule has 2 heterocycles. The van der Waals surface area contributed by atoms with Crippen molar-refractivity contribution in [1.29, 1.82) is 0 Å². The lowest BCUT2D eigenvalue weighted by Crippen LogP contribution is -2.25. The van der Waals surface area contributed by atoms with E-state index < -0.39 is 0 Å². The third-order valence-corrected chi connectivity index (χ3v) is 6.87. The zero-order chi connectivity index (χ0) is 17.9. The fourth-order valence-electron chi connectivity index (χ4n) is 4.65. The molecule has 4 heteroatoms. The molecule has 1 aromatic heterocycles. The first-order valence-electron chi connectivity index (χ1n) is 9.26. The van der Waals surface area contributed by atoms with Gasteiger partial charge in [0.05, 0.1) is 10.4 Å². The quantitative estimate of drug-likeness (QED) is 0.776. The molecule has 26 heavy (non-hydrogen) atoms. The Balaban J connectivity index is 1.62. The number of carbonyl (C=O) groups excluding carboxylic acids is 1. The van der Waals surface area contributed by atoms with E-state index in [9.17, 15) is 4.79 Å². The van der Waals surface area contributed by atoms with E-state index in [4.69, 9.17) is 11.6 Å². The van der Waals surface area contributed by atoms with Crippen LogP contribution in [0.4, 0.5) is 5.82 Å². The fraction of sp³-hybridized carbons (Fsp3) is 0.364. The molecule has 0 bridgehead atoms. The highest BCUT2D eigenvalue weighted by molar-refractivity contribution is 6.34. The second-order valence-corrected chi connectivity index (χ2v) is 8.32. The average Bonchev–Trinajstić information content (AvgIpc) is 3.21. The van der Waals surface area contributed by atoms with Gasteiger partial charge in [0.2, 0.25) is 0 Å². The topological polar surface area (TPSA) is 42.0 Å². The minimum absolute atomic E-state index is 0.0458. The SMILES string of the molecule is CC(=O)C1(c2cccc(-c3cnc4c(c3Cl)C3(CC=CC3)CN4)c2)CC1. The molecule has 0 amide bonds. The number of fused-ring (bicyclic) bond motifs is 2. The van der Waals surface area contributed by atoms with Crippen LogP contribution in [0, 0.1) is 0 Å². The van der Waals surface area contributed by atoms with Crippen molar-refractivity contribution in [3.63, 3.8) is 0 Å². The van der Waals surface area contributed by atoms with E-state index in [1.807, 2.05) is 12.3 Å². The van der Waals surface area contributed by atoms with Crippen LogP contribution in [0.15, 0.2) is 42.6 Å². The van der Waals surface area contributed by atoms with Crippen LogP contribution >= 0.6 is 11.6 Å².